The molecule has 0 atom stereocenters. The van der Waals surface area contributed by atoms with E-state index in [2.05, 4.69) is 52.1 Å². The quantitative estimate of drug-likeness (QED) is 0.495. The van der Waals surface area contributed by atoms with Crippen LogP contribution in [0, 0.1) is 13.8 Å². The van der Waals surface area contributed by atoms with Gasteiger partial charge in [-0.05, 0) is 38.6 Å². The third kappa shape index (κ3) is 4.77. The first-order chi connectivity index (χ1) is 11.0. The summed E-state index contributed by atoms with van der Waals surface area (Å²) in [6.07, 6.45) is 1.64. The maximum absolute atomic E-state index is 6.42. The first-order valence-electron chi connectivity index (χ1n) is 7.36. The Morgan fingerprint density at radius 1 is 1.35 bits per heavy atom. The van der Waals surface area contributed by atoms with E-state index in [1.165, 1.54) is 5.56 Å². The molecule has 1 heterocycles. The highest BCUT2D eigenvalue weighted by atomic mass is 35.5. The highest BCUT2D eigenvalue weighted by Gasteiger charge is 2.12. The van der Waals surface area contributed by atoms with Crippen molar-refractivity contribution in [1.29, 1.82) is 0 Å². The maximum atomic E-state index is 6.42. The molecule has 2 rings (SSSR count). The van der Waals surface area contributed by atoms with Crippen LogP contribution in [0.3, 0.4) is 0 Å². The van der Waals surface area contributed by atoms with Gasteiger partial charge in [0.1, 0.15) is 5.15 Å². The number of nitrogens with one attached hydrogen (secondary N) is 2. The van der Waals surface area contributed by atoms with Crippen LogP contribution in [0.2, 0.25) is 5.15 Å². The zero-order valence-electron chi connectivity index (χ0n) is 13.4. The molecule has 0 amide bonds. The van der Waals surface area contributed by atoms with E-state index in [1.54, 1.807) is 10.9 Å². The Bertz CT molecular complexity index is 706. The lowest BCUT2D eigenvalue weighted by molar-refractivity contribution is 0.680. The number of nitrogens with zero attached hydrogens (tertiary/aromatic N) is 3. The van der Waals surface area contributed by atoms with E-state index in [1.807, 2.05) is 13.8 Å². The second-order valence-corrected chi connectivity index (χ2v) is 5.93. The Morgan fingerprint density at radius 3 is 2.70 bits per heavy atom. The molecule has 0 saturated heterocycles. The van der Waals surface area contributed by atoms with Crippen molar-refractivity contribution in [2.45, 2.75) is 27.3 Å². The van der Waals surface area contributed by atoms with Crippen molar-refractivity contribution >= 4 is 35.1 Å². The zero-order chi connectivity index (χ0) is 16.8. The number of thiocarbonyl (C=S) groups is 1. The lowest BCUT2D eigenvalue weighted by Gasteiger charge is -2.04. The number of aryl methyl sites for hydroxylation is 2. The standard InChI is InChI=1S/C16H20ClN5S/c1-4-18-16(23)20-19-9-14-12(3)21-22(15(14)17)10-13-7-5-11(2)6-8-13/h5-9H,4,10H2,1-3H3,(H2,18,20,23)/b19-9-. The number of hydrazone groups is 1. The average molecular weight is 350 g/mol. The summed E-state index contributed by atoms with van der Waals surface area (Å²) >= 11 is 11.5. The third-order valence-electron chi connectivity index (χ3n) is 3.26. The fraction of sp³-hybridized carbons (Fsp3) is 0.312. The van der Waals surface area contributed by atoms with Crippen LogP contribution in [0.1, 0.15) is 29.3 Å². The van der Waals surface area contributed by atoms with Crippen LogP contribution in [0.25, 0.3) is 0 Å². The zero-order valence-corrected chi connectivity index (χ0v) is 15.0. The molecule has 1 aromatic carbocycles. The fourth-order valence-electron chi connectivity index (χ4n) is 2.04. The molecule has 0 aliphatic rings. The molecule has 2 aromatic rings. The summed E-state index contributed by atoms with van der Waals surface area (Å²) in [6.45, 7) is 7.30. The summed E-state index contributed by atoms with van der Waals surface area (Å²) in [4.78, 5) is 0. The Morgan fingerprint density at radius 2 is 2.04 bits per heavy atom. The van der Waals surface area contributed by atoms with Gasteiger partial charge in [0, 0.05) is 6.54 Å². The topological polar surface area (TPSA) is 54.2 Å². The number of benzene rings is 1. The molecule has 122 valence electrons. The summed E-state index contributed by atoms with van der Waals surface area (Å²) in [6, 6.07) is 8.31. The molecular weight excluding hydrogens is 330 g/mol. The Kier molecular flexibility index (Phi) is 6.12. The fourth-order valence-corrected chi connectivity index (χ4v) is 2.52. The molecule has 5 nitrogen and oxygen atoms in total. The molecular formula is C16H20ClN5S. The second kappa shape index (κ2) is 8.08. The predicted molar refractivity (Wildman–Crippen MR) is 99.3 cm³/mol. The van der Waals surface area contributed by atoms with Crippen molar-refractivity contribution in [3.05, 3.63) is 51.8 Å². The monoisotopic (exact) mass is 349 g/mol. The van der Waals surface area contributed by atoms with E-state index >= 15 is 0 Å². The minimum absolute atomic E-state index is 0.476. The first kappa shape index (κ1) is 17.4. The summed E-state index contributed by atoms with van der Waals surface area (Å²) < 4.78 is 1.77. The van der Waals surface area contributed by atoms with E-state index in [9.17, 15) is 0 Å². The Labute approximate surface area is 146 Å². The first-order valence-corrected chi connectivity index (χ1v) is 8.15. The van der Waals surface area contributed by atoms with Gasteiger partial charge in [0.05, 0.1) is 24.0 Å². The third-order valence-corrected chi connectivity index (χ3v) is 3.89. The lowest BCUT2D eigenvalue weighted by atomic mass is 10.1. The number of rotatable bonds is 5. The van der Waals surface area contributed by atoms with Crippen molar-refractivity contribution in [3.63, 3.8) is 0 Å². The largest absolute Gasteiger partial charge is 0.362 e. The SMILES string of the molecule is CCNC(=S)N/N=C\c1c(C)nn(Cc2ccc(C)cc2)c1Cl. The Balaban J connectivity index is 2.11. The Hall–Kier alpha value is -1.92. The van der Waals surface area contributed by atoms with Gasteiger partial charge >= 0.3 is 0 Å². The van der Waals surface area contributed by atoms with Crippen LogP contribution in [-0.4, -0.2) is 27.7 Å². The van der Waals surface area contributed by atoms with E-state index in [-0.39, 0.29) is 0 Å². The minimum Gasteiger partial charge on any atom is -0.362 e. The van der Waals surface area contributed by atoms with Gasteiger partial charge < -0.3 is 5.32 Å². The lowest BCUT2D eigenvalue weighted by Crippen LogP contribution is -2.31. The van der Waals surface area contributed by atoms with Gasteiger partial charge in [-0.2, -0.15) is 10.2 Å². The van der Waals surface area contributed by atoms with Gasteiger partial charge in [-0.25, -0.2) is 4.68 Å². The van der Waals surface area contributed by atoms with E-state index in [0.29, 0.717) is 16.8 Å². The van der Waals surface area contributed by atoms with E-state index < -0.39 is 0 Å². The predicted octanol–water partition coefficient (Wildman–Crippen LogP) is 3.02. The summed E-state index contributed by atoms with van der Waals surface area (Å²) in [5.41, 5.74) is 6.73. The molecule has 0 saturated carbocycles. The molecule has 0 fully saturated rings. The molecule has 0 aliphatic heterocycles. The molecule has 2 N–H and O–H groups in total. The van der Waals surface area contributed by atoms with E-state index in [4.69, 9.17) is 23.8 Å². The number of hydrogen-bond donors (Lipinski definition) is 2. The molecule has 0 spiro atoms. The van der Waals surface area contributed by atoms with E-state index in [0.717, 1.165) is 23.4 Å². The van der Waals surface area contributed by atoms with Crippen molar-refractivity contribution < 1.29 is 0 Å². The van der Waals surface area contributed by atoms with Gasteiger partial charge in [-0.15, -0.1) is 0 Å². The van der Waals surface area contributed by atoms with Crippen LogP contribution in [0.5, 0.6) is 0 Å². The van der Waals surface area contributed by atoms with Crippen molar-refractivity contribution in [3.8, 4) is 0 Å². The molecule has 0 aliphatic carbocycles. The van der Waals surface area contributed by atoms with Crippen LogP contribution in [0.4, 0.5) is 0 Å². The van der Waals surface area contributed by atoms with Gasteiger partial charge in [0.2, 0.25) is 0 Å². The molecule has 0 bridgehead atoms. The molecule has 0 radical (unpaired) electrons. The second-order valence-electron chi connectivity index (χ2n) is 5.16. The van der Waals surface area contributed by atoms with Gasteiger partial charge in [0.15, 0.2) is 5.11 Å². The highest BCUT2D eigenvalue weighted by molar-refractivity contribution is 7.80. The number of halogens is 1. The van der Waals surface area contributed by atoms with Crippen LogP contribution >= 0.6 is 23.8 Å². The van der Waals surface area contributed by atoms with Gasteiger partial charge in [-0.3, -0.25) is 5.43 Å². The average Bonchev–Trinajstić information content (AvgIpc) is 2.77. The smallest absolute Gasteiger partial charge is 0.186 e. The summed E-state index contributed by atoms with van der Waals surface area (Å²) in [7, 11) is 0. The van der Waals surface area contributed by atoms with Crippen molar-refractivity contribution in [2.24, 2.45) is 5.10 Å². The summed E-state index contributed by atoms with van der Waals surface area (Å²) in [5, 5.41) is 12.6. The van der Waals surface area contributed by atoms with Crippen LogP contribution in [0.15, 0.2) is 29.4 Å². The highest BCUT2D eigenvalue weighted by Crippen LogP contribution is 2.19. The van der Waals surface area contributed by atoms with Crippen LogP contribution in [-0.2, 0) is 6.54 Å². The number of hydrogen-bond acceptors (Lipinski definition) is 3. The molecule has 7 heteroatoms. The van der Waals surface area contributed by atoms with Gasteiger partial charge in [0.25, 0.3) is 0 Å². The molecule has 23 heavy (non-hydrogen) atoms. The molecule has 0 unspecified atom stereocenters. The van der Waals surface area contributed by atoms with Gasteiger partial charge in [-0.1, -0.05) is 41.4 Å². The maximum Gasteiger partial charge on any atom is 0.186 e. The van der Waals surface area contributed by atoms with Crippen molar-refractivity contribution in [2.75, 3.05) is 6.54 Å². The number of aromatic nitrogens is 2. The van der Waals surface area contributed by atoms with Crippen LogP contribution < -0.4 is 10.7 Å². The normalized spacial score (nSPS) is 11.0. The minimum atomic E-state index is 0.476. The van der Waals surface area contributed by atoms with Crippen molar-refractivity contribution in [1.82, 2.24) is 20.5 Å². The molecule has 1 aromatic heterocycles. The summed E-state index contributed by atoms with van der Waals surface area (Å²) in [5.74, 6) is 0.